The van der Waals surface area contributed by atoms with Crippen LogP contribution in [0.1, 0.15) is 27.8 Å². The highest BCUT2D eigenvalue weighted by Crippen LogP contribution is 2.65. The van der Waals surface area contributed by atoms with E-state index >= 15 is 0 Å². The molecule has 0 aliphatic heterocycles. The molecule has 4 aromatic carbocycles. The monoisotopic (exact) mass is 432 g/mol. The molecule has 1 spiro atoms. The highest BCUT2D eigenvalue weighted by molar-refractivity contribution is 6.17. The van der Waals surface area contributed by atoms with Crippen LogP contribution in [0.4, 0.5) is 0 Å². The molecule has 2 heteroatoms. The maximum Gasteiger partial charge on any atom is 0.0970 e. The summed E-state index contributed by atoms with van der Waals surface area (Å²) in [4.78, 5) is 9.69. The minimum absolute atomic E-state index is 0.380. The van der Waals surface area contributed by atoms with E-state index in [-0.39, 0.29) is 5.41 Å². The van der Waals surface area contributed by atoms with Gasteiger partial charge in [0.1, 0.15) is 0 Å². The summed E-state index contributed by atoms with van der Waals surface area (Å²) in [6.45, 7) is 2.24. The quantitative estimate of drug-likeness (QED) is 0.233. The van der Waals surface area contributed by atoms with Gasteiger partial charge in [0.2, 0.25) is 0 Å². The van der Waals surface area contributed by atoms with E-state index in [1.807, 2.05) is 18.5 Å². The summed E-state index contributed by atoms with van der Waals surface area (Å²) in [6.07, 6.45) is 3.77. The molecular formula is C32H20N2. The number of rotatable bonds is 0. The number of hydrogen-bond donors (Lipinski definition) is 0. The number of benzene rings is 4. The van der Waals surface area contributed by atoms with E-state index < -0.39 is 0 Å². The highest BCUT2D eigenvalue weighted by atomic mass is 14.7. The maximum absolute atomic E-state index is 4.87. The lowest BCUT2D eigenvalue weighted by Crippen LogP contribution is -2.26. The van der Waals surface area contributed by atoms with Crippen LogP contribution in [0.2, 0.25) is 0 Å². The molecule has 0 saturated heterocycles. The summed E-state index contributed by atoms with van der Waals surface area (Å²) in [6, 6.07) is 33.3. The van der Waals surface area contributed by atoms with Crippen molar-refractivity contribution in [2.75, 3.05) is 0 Å². The average Bonchev–Trinajstić information content (AvgIpc) is 3.37. The van der Waals surface area contributed by atoms with Gasteiger partial charge in [-0.05, 0) is 69.1 Å². The van der Waals surface area contributed by atoms with Crippen molar-refractivity contribution < 1.29 is 0 Å². The van der Waals surface area contributed by atoms with Gasteiger partial charge in [-0.15, -0.1) is 0 Å². The molecule has 2 aliphatic carbocycles. The second-order valence-corrected chi connectivity index (χ2v) is 9.39. The third kappa shape index (κ3) is 1.91. The number of aromatic nitrogens is 2. The van der Waals surface area contributed by atoms with Crippen LogP contribution in [0.25, 0.3) is 44.1 Å². The number of hydrogen-bond acceptors (Lipinski definition) is 2. The Morgan fingerprint density at radius 1 is 0.529 bits per heavy atom. The van der Waals surface area contributed by atoms with E-state index in [0.29, 0.717) is 0 Å². The molecule has 0 fully saturated rings. The molecule has 0 N–H and O–H groups in total. The number of fused-ring (bicyclic) bond motifs is 15. The fourth-order valence-electron chi connectivity index (χ4n) is 6.76. The van der Waals surface area contributed by atoms with Crippen LogP contribution in [0.5, 0.6) is 0 Å². The lowest BCUT2D eigenvalue weighted by atomic mass is 9.69. The molecule has 1 unspecified atom stereocenters. The summed E-state index contributed by atoms with van der Waals surface area (Å²) in [5, 5.41) is 2.36. The van der Waals surface area contributed by atoms with E-state index in [1.54, 1.807) is 0 Å². The predicted molar refractivity (Wildman–Crippen MR) is 138 cm³/mol. The Morgan fingerprint density at radius 2 is 1.12 bits per heavy atom. The van der Waals surface area contributed by atoms with Crippen molar-refractivity contribution in [3.05, 3.63) is 131 Å². The van der Waals surface area contributed by atoms with Crippen LogP contribution in [-0.2, 0) is 5.41 Å². The third-order valence-corrected chi connectivity index (χ3v) is 7.88. The van der Waals surface area contributed by atoms with Crippen molar-refractivity contribution in [2.45, 2.75) is 12.3 Å². The van der Waals surface area contributed by atoms with Crippen molar-refractivity contribution in [1.29, 1.82) is 0 Å². The van der Waals surface area contributed by atoms with Crippen molar-refractivity contribution in [1.82, 2.24) is 9.97 Å². The first kappa shape index (κ1) is 18.2. The first-order valence-corrected chi connectivity index (χ1v) is 11.8. The van der Waals surface area contributed by atoms with Crippen LogP contribution in [0, 0.1) is 6.92 Å². The van der Waals surface area contributed by atoms with Gasteiger partial charge in [0.15, 0.2) is 0 Å². The van der Waals surface area contributed by atoms with Crippen molar-refractivity contribution >= 4 is 21.8 Å². The summed E-state index contributed by atoms with van der Waals surface area (Å²) < 4.78 is 0. The average molecular weight is 433 g/mol. The highest BCUT2D eigenvalue weighted by Gasteiger charge is 2.53. The number of nitrogens with zero attached hydrogens (tertiary/aromatic N) is 2. The molecule has 0 radical (unpaired) electrons. The molecule has 2 nitrogen and oxygen atoms in total. The second-order valence-electron chi connectivity index (χ2n) is 9.39. The lowest BCUT2D eigenvalue weighted by molar-refractivity contribution is 0.801. The normalized spacial score (nSPS) is 17.1. The van der Waals surface area contributed by atoms with E-state index in [2.05, 4.69) is 91.9 Å². The van der Waals surface area contributed by atoms with Crippen LogP contribution >= 0.6 is 0 Å². The van der Waals surface area contributed by atoms with Crippen LogP contribution in [-0.4, -0.2) is 9.97 Å². The Labute approximate surface area is 197 Å². The molecule has 2 aliphatic rings. The predicted octanol–water partition coefficient (Wildman–Crippen LogP) is 7.43. The summed E-state index contributed by atoms with van der Waals surface area (Å²) in [5.41, 5.74) is 13.6. The number of pyridine rings is 2. The Morgan fingerprint density at radius 3 is 1.85 bits per heavy atom. The van der Waals surface area contributed by atoms with Gasteiger partial charge in [-0.25, -0.2) is 0 Å². The Hall–Kier alpha value is -4.30. The molecule has 34 heavy (non-hydrogen) atoms. The fourth-order valence-corrected chi connectivity index (χ4v) is 6.76. The first-order valence-electron chi connectivity index (χ1n) is 11.8. The van der Waals surface area contributed by atoms with Gasteiger partial charge in [-0.3, -0.25) is 9.97 Å². The largest absolute Gasteiger partial charge is 0.254 e. The molecule has 0 saturated carbocycles. The van der Waals surface area contributed by atoms with Gasteiger partial charge < -0.3 is 0 Å². The van der Waals surface area contributed by atoms with E-state index in [4.69, 9.17) is 9.97 Å². The van der Waals surface area contributed by atoms with Gasteiger partial charge in [0.05, 0.1) is 16.4 Å². The Bertz CT molecular complexity index is 1830. The van der Waals surface area contributed by atoms with Gasteiger partial charge in [0.25, 0.3) is 0 Å². The molecule has 158 valence electrons. The van der Waals surface area contributed by atoms with Gasteiger partial charge >= 0.3 is 0 Å². The Kier molecular flexibility index (Phi) is 3.30. The van der Waals surface area contributed by atoms with Crippen molar-refractivity contribution in [3.63, 3.8) is 0 Å². The Balaban J connectivity index is 1.72. The molecule has 6 aromatic rings. The molecule has 2 heterocycles. The standard InChI is InChI=1S/C32H20N2/c1-19-9-6-16-26-27(19)20-10-2-4-14-24(20)32(26)25-15-5-3-11-21(25)28-22-12-7-17-33-30(22)31-23(29(28)32)13-8-18-34-31/h2-18H,1H3. The summed E-state index contributed by atoms with van der Waals surface area (Å²) in [7, 11) is 0. The minimum atomic E-state index is -0.380. The molecule has 2 aromatic heterocycles. The molecule has 8 rings (SSSR count). The van der Waals surface area contributed by atoms with Crippen LogP contribution in [0.15, 0.2) is 103 Å². The van der Waals surface area contributed by atoms with Gasteiger partial charge in [0, 0.05) is 23.2 Å². The molecule has 0 amide bonds. The van der Waals surface area contributed by atoms with Gasteiger partial charge in [-0.2, -0.15) is 0 Å². The first-order chi connectivity index (χ1) is 16.8. The zero-order valence-electron chi connectivity index (χ0n) is 18.7. The van der Waals surface area contributed by atoms with E-state index in [0.717, 1.165) is 11.0 Å². The molecular weight excluding hydrogens is 412 g/mol. The van der Waals surface area contributed by atoms with Crippen molar-refractivity contribution in [3.8, 4) is 22.3 Å². The van der Waals surface area contributed by atoms with Crippen LogP contribution < -0.4 is 0 Å². The van der Waals surface area contributed by atoms with Gasteiger partial charge in [-0.1, -0.05) is 78.9 Å². The maximum atomic E-state index is 4.87. The summed E-state index contributed by atoms with van der Waals surface area (Å²) >= 11 is 0. The van der Waals surface area contributed by atoms with Crippen LogP contribution in [0.3, 0.4) is 0 Å². The zero-order valence-corrected chi connectivity index (χ0v) is 18.7. The smallest absolute Gasteiger partial charge is 0.0970 e. The topological polar surface area (TPSA) is 25.8 Å². The number of aryl methyl sites for hydroxylation is 1. The minimum Gasteiger partial charge on any atom is -0.254 e. The molecule has 0 bridgehead atoms. The van der Waals surface area contributed by atoms with Crippen molar-refractivity contribution in [2.24, 2.45) is 0 Å². The lowest BCUT2D eigenvalue weighted by Gasteiger charge is -2.31. The van der Waals surface area contributed by atoms with E-state index in [1.165, 1.54) is 60.8 Å². The van der Waals surface area contributed by atoms with E-state index in [9.17, 15) is 0 Å². The molecule has 1 atom stereocenters. The second kappa shape index (κ2) is 6.18. The SMILES string of the molecule is Cc1cccc2c1-c1ccccc1C21c2ccccc2-c2c1c1cccnc1c1ncccc21. The fraction of sp³-hybridized carbons (Fsp3) is 0.0625. The summed E-state index contributed by atoms with van der Waals surface area (Å²) in [5.74, 6) is 0. The third-order valence-electron chi connectivity index (χ3n) is 7.88. The zero-order chi connectivity index (χ0) is 22.4.